The van der Waals surface area contributed by atoms with E-state index in [0.717, 1.165) is 18.7 Å². The number of carbonyl (C=O) groups is 1. The van der Waals surface area contributed by atoms with E-state index in [9.17, 15) is 9.18 Å². The lowest BCUT2D eigenvalue weighted by molar-refractivity contribution is 0.101. The Morgan fingerprint density at radius 2 is 1.66 bits per heavy atom. The van der Waals surface area contributed by atoms with Gasteiger partial charge in [-0.3, -0.25) is 9.69 Å². The molecular formula is C22H27FN2O4. The Balaban J connectivity index is 1.68. The lowest BCUT2D eigenvalue weighted by Crippen LogP contribution is -2.46. The van der Waals surface area contributed by atoms with Crippen LogP contribution < -0.4 is 19.1 Å². The van der Waals surface area contributed by atoms with Gasteiger partial charge in [-0.1, -0.05) is 6.07 Å². The summed E-state index contributed by atoms with van der Waals surface area (Å²) in [4.78, 5) is 15.7. The minimum atomic E-state index is -0.354. The van der Waals surface area contributed by atoms with Crippen molar-refractivity contribution in [2.75, 3.05) is 52.4 Å². The number of methoxy groups -OCH3 is 3. The summed E-state index contributed by atoms with van der Waals surface area (Å²) in [6, 6.07) is 8.55. The minimum absolute atomic E-state index is 0.135. The summed E-state index contributed by atoms with van der Waals surface area (Å²) in [5.74, 6) is 1.39. The summed E-state index contributed by atoms with van der Waals surface area (Å²) in [7, 11) is 4.80. The van der Waals surface area contributed by atoms with Crippen LogP contribution in [0.2, 0.25) is 0 Å². The average molecular weight is 402 g/mol. The fourth-order valence-corrected chi connectivity index (χ4v) is 3.66. The molecule has 0 aromatic heterocycles. The van der Waals surface area contributed by atoms with Crippen molar-refractivity contribution in [3.8, 4) is 17.2 Å². The van der Waals surface area contributed by atoms with E-state index in [1.54, 1.807) is 33.5 Å². The van der Waals surface area contributed by atoms with Gasteiger partial charge in [0.05, 0.1) is 27.0 Å². The molecule has 1 aliphatic rings. The van der Waals surface area contributed by atoms with Crippen LogP contribution in [-0.2, 0) is 6.54 Å². The van der Waals surface area contributed by atoms with E-state index in [1.165, 1.54) is 13.0 Å². The van der Waals surface area contributed by atoms with Crippen LogP contribution in [0, 0.1) is 5.82 Å². The van der Waals surface area contributed by atoms with Crippen molar-refractivity contribution < 1.29 is 23.4 Å². The Kier molecular flexibility index (Phi) is 6.59. The molecule has 0 N–H and O–H groups in total. The molecule has 0 unspecified atom stereocenters. The third kappa shape index (κ3) is 4.45. The molecule has 1 fully saturated rings. The molecule has 1 aliphatic heterocycles. The number of anilines is 1. The van der Waals surface area contributed by atoms with Crippen molar-refractivity contribution in [2.24, 2.45) is 0 Å². The van der Waals surface area contributed by atoms with Gasteiger partial charge in [0.1, 0.15) is 5.82 Å². The summed E-state index contributed by atoms with van der Waals surface area (Å²) in [5.41, 5.74) is 1.94. The fourth-order valence-electron chi connectivity index (χ4n) is 3.66. The number of ketones is 1. The second kappa shape index (κ2) is 9.13. The molecule has 7 heteroatoms. The van der Waals surface area contributed by atoms with Crippen LogP contribution in [0.3, 0.4) is 0 Å². The van der Waals surface area contributed by atoms with Gasteiger partial charge in [-0.25, -0.2) is 4.39 Å². The van der Waals surface area contributed by atoms with Gasteiger partial charge >= 0.3 is 0 Å². The Hall–Kier alpha value is -2.80. The molecule has 1 heterocycles. The summed E-state index contributed by atoms with van der Waals surface area (Å²) in [5, 5.41) is 0. The van der Waals surface area contributed by atoms with Crippen LogP contribution in [0.5, 0.6) is 17.2 Å². The molecule has 1 saturated heterocycles. The largest absolute Gasteiger partial charge is 0.493 e. The smallest absolute Gasteiger partial charge is 0.203 e. The zero-order valence-electron chi connectivity index (χ0n) is 17.3. The van der Waals surface area contributed by atoms with Crippen molar-refractivity contribution in [3.05, 3.63) is 47.3 Å². The number of Topliss-reactive ketones (excluding diaryl/α,β-unsaturated/α-hetero) is 1. The van der Waals surface area contributed by atoms with Crippen LogP contribution in [0.15, 0.2) is 30.3 Å². The van der Waals surface area contributed by atoms with Crippen molar-refractivity contribution >= 4 is 11.5 Å². The first-order valence-corrected chi connectivity index (χ1v) is 9.54. The predicted octanol–water partition coefficient (Wildman–Crippen LogP) is 3.38. The molecule has 0 atom stereocenters. The molecule has 0 spiro atoms. The maximum Gasteiger partial charge on any atom is 0.203 e. The van der Waals surface area contributed by atoms with Crippen LogP contribution in [0.1, 0.15) is 22.8 Å². The molecule has 2 aromatic rings. The van der Waals surface area contributed by atoms with E-state index in [1.807, 2.05) is 17.0 Å². The lowest BCUT2D eigenvalue weighted by atomic mass is 10.1. The number of benzene rings is 2. The maximum atomic E-state index is 14.4. The maximum absolute atomic E-state index is 14.4. The molecule has 3 rings (SSSR count). The van der Waals surface area contributed by atoms with Crippen LogP contribution in [0.25, 0.3) is 0 Å². The Labute approximate surface area is 170 Å². The monoisotopic (exact) mass is 402 g/mol. The van der Waals surface area contributed by atoms with Crippen molar-refractivity contribution in [1.29, 1.82) is 0 Å². The molecule has 0 amide bonds. The molecule has 6 nitrogen and oxygen atoms in total. The van der Waals surface area contributed by atoms with Crippen LogP contribution in [-0.4, -0.2) is 58.2 Å². The number of hydrogen-bond acceptors (Lipinski definition) is 6. The third-order valence-electron chi connectivity index (χ3n) is 5.25. The summed E-state index contributed by atoms with van der Waals surface area (Å²) in [6.07, 6.45) is 0. The lowest BCUT2D eigenvalue weighted by Gasteiger charge is -2.36. The van der Waals surface area contributed by atoms with E-state index in [-0.39, 0.29) is 11.6 Å². The normalized spacial score (nSPS) is 14.6. The van der Waals surface area contributed by atoms with Gasteiger partial charge in [-0.05, 0) is 31.2 Å². The molecule has 0 radical (unpaired) electrons. The van der Waals surface area contributed by atoms with Gasteiger partial charge in [0.15, 0.2) is 17.3 Å². The first-order valence-electron chi connectivity index (χ1n) is 9.54. The number of hydrogen-bond donors (Lipinski definition) is 0. The Morgan fingerprint density at radius 1 is 0.966 bits per heavy atom. The van der Waals surface area contributed by atoms with Gasteiger partial charge in [0.2, 0.25) is 5.75 Å². The average Bonchev–Trinajstić information content (AvgIpc) is 2.73. The highest BCUT2D eigenvalue weighted by Crippen LogP contribution is 2.40. The first-order chi connectivity index (χ1) is 14.0. The van der Waals surface area contributed by atoms with Crippen molar-refractivity contribution in [1.82, 2.24) is 4.90 Å². The summed E-state index contributed by atoms with van der Waals surface area (Å²) in [6.45, 7) is 5.10. The Morgan fingerprint density at radius 3 is 2.21 bits per heavy atom. The SMILES string of the molecule is COc1ccc(CN2CCN(c3ccc(C(C)=O)cc3F)CC2)c(OC)c1OC. The topological polar surface area (TPSA) is 51.2 Å². The number of ether oxygens (including phenoxy) is 3. The zero-order valence-corrected chi connectivity index (χ0v) is 17.3. The molecule has 29 heavy (non-hydrogen) atoms. The van der Waals surface area contributed by atoms with Crippen LogP contribution >= 0.6 is 0 Å². The van der Waals surface area contributed by atoms with Gasteiger partial charge in [0.25, 0.3) is 0 Å². The van der Waals surface area contributed by atoms with E-state index >= 15 is 0 Å². The quantitative estimate of drug-likeness (QED) is 0.662. The highest BCUT2D eigenvalue weighted by molar-refractivity contribution is 5.94. The van der Waals surface area contributed by atoms with Crippen molar-refractivity contribution in [2.45, 2.75) is 13.5 Å². The summed E-state index contributed by atoms with van der Waals surface area (Å²) >= 11 is 0. The van der Waals surface area contributed by atoms with E-state index in [4.69, 9.17) is 14.2 Å². The number of piperazine rings is 1. The van der Waals surface area contributed by atoms with Gasteiger partial charge in [-0.15, -0.1) is 0 Å². The molecule has 156 valence electrons. The first kappa shape index (κ1) is 20.9. The molecular weight excluding hydrogens is 375 g/mol. The second-order valence-electron chi connectivity index (χ2n) is 6.98. The highest BCUT2D eigenvalue weighted by atomic mass is 19.1. The molecule has 0 saturated carbocycles. The number of carbonyl (C=O) groups excluding carboxylic acids is 1. The van der Waals surface area contributed by atoms with E-state index in [2.05, 4.69) is 4.90 Å². The molecule has 0 bridgehead atoms. The number of halogens is 1. The zero-order chi connectivity index (χ0) is 21.0. The van der Waals surface area contributed by atoms with Crippen LogP contribution in [0.4, 0.5) is 10.1 Å². The minimum Gasteiger partial charge on any atom is -0.493 e. The Bertz CT molecular complexity index is 879. The number of rotatable bonds is 7. The highest BCUT2D eigenvalue weighted by Gasteiger charge is 2.23. The van der Waals surface area contributed by atoms with Crippen molar-refractivity contribution in [3.63, 3.8) is 0 Å². The van der Waals surface area contributed by atoms with Gasteiger partial charge < -0.3 is 19.1 Å². The van der Waals surface area contributed by atoms with E-state index in [0.29, 0.717) is 48.1 Å². The standard InChI is InChI=1S/C22H27FN2O4/c1-15(26)16-5-7-19(18(23)13-16)25-11-9-24(10-12-25)14-17-6-8-20(27-2)22(29-4)21(17)28-3/h5-8,13H,9-12,14H2,1-4H3. The summed E-state index contributed by atoms with van der Waals surface area (Å²) < 4.78 is 30.8. The van der Waals surface area contributed by atoms with E-state index < -0.39 is 0 Å². The predicted molar refractivity (Wildman–Crippen MR) is 110 cm³/mol. The van der Waals surface area contributed by atoms with Gasteiger partial charge in [0, 0.05) is 43.9 Å². The van der Waals surface area contributed by atoms with Gasteiger partial charge in [-0.2, -0.15) is 0 Å². The second-order valence-corrected chi connectivity index (χ2v) is 6.98. The molecule has 0 aliphatic carbocycles. The number of nitrogens with zero attached hydrogens (tertiary/aromatic N) is 2. The fraction of sp³-hybridized carbons (Fsp3) is 0.409. The third-order valence-corrected chi connectivity index (χ3v) is 5.25. The molecule has 2 aromatic carbocycles.